The van der Waals surface area contributed by atoms with Crippen LogP contribution in [0.4, 0.5) is 0 Å². The molecule has 2 aromatic carbocycles. The summed E-state index contributed by atoms with van der Waals surface area (Å²) in [5.74, 6) is 0.764. The highest BCUT2D eigenvalue weighted by Crippen LogP contribution is 2.18. The van der Waals surface area contributed by atoms with Crippen LogP contribution in [-0.4, -0.2) is 13.1 Å². The van der Waals surface area contributed by atoms with Gasteiger partial charge in [0.25, 0.3) is 6.47 Å². The summed E-state index contributed by atoms with van der Waals surface area (Å²) >= 11 is 0. The van der Waals surface area contributed by atoms with Gasteiger partial charge < -0.3 is 9.47 Å². The first-order valence-electron chi connectivity index (χ1n) is 6.20. The van der Waals surface area contributed by atoms with Crippen LogP contribution >= 0.6 is 0 Å². The largest absolute Gasteiger partial charge is 0.493 e. The Morgan fingerprint density at radius 1 is 0.947 bits per heavy atom. The molecule has 0 aliphatic carbocycles. The molecule has 0 saturated carbocycles. The molecule has 0 aliphatic heterocycles. The minimum Gasteiger partial charge on any atom is -0.493 e. The predicted octanol–water partition coefficient (Wildman–Crippen LogP) is 2.98. The van der Waals surface area contributed by atoms with Crippen molar-refractivity contribution in [2.45, 2.75) is 13.0 Å². The molecule has 0 unspecified atom stereocenters. The molecule has 0 saturated heterocycles. The van der Waals surface area contributed by atoms with Gasteiger partial charge in [0.1, 0.15) is 12.4 Å². The van der Waals surface area contributed by atoms with Gasteiger partial charge in [0.2, 0.25) is 0 Å². The molecule has 0 N–H and O–H groups in total. The zero-order chi connectivity index (χ0) is 13.3. The molecule has 0 atom stereocenters. The van der Waals surface area contributed by atoms with Gasteiger partial charge in [-0.2, -0.15) is 0 Å². The van der Waals surface area contributed by atoms with Gasteiger partial charge in [-0.05, 0) is 11.6 Å². The van der Waals surface area contributed by atoms with E-state index in [0.29, 0.717) is 13.1 Å². The molecule has 0 aromatic heterocycles. The van der Waals surface area contributed by atoms with E-state index in [1.54, 1.807) is 0 Å². The molecule has 3 nitrogen and oxygen atoms in total. The van der Waals surface area contributed by atoms with Crippen molar-refractivity contribution in [3.63, 3.8) is 0 Å². The maximum atomic E-state index is 10.2. The van der Waals surface area contributed by atoms with Gasteiger partial charge in [-0.15, -0.1) is 0 Å². The van der Waals surface area contributed by atoms with Crippen molar-refractivity contribution in [2.75, 3.05) is 6.61 Å². The normalized spacial score (nSPS) is 9.89. The minimum absolute atomic E-state index is 0.241. The minimum atomic E-state index is 0.241. The van der Waals surface area contributed by atoms with E-state index in [2.05, 4.69) is 12.1 Å². The fourth-order valence-corrected chi connectivity index (χ4v) is 1.81. The Morgan fingerprint density at radius 2 is 1.68 bits per heavy atom. The van der Waals surface area contributed by atoms with Crippen LogP contribution in [0.3, 0.4) is 0 Å². The van der Waals surface area contributed by atoms with Crippen molar-refractivity contribution in [2.24, 2.45) is 0 Å². The molecule has 19 heavy (non-hydrogen) atoms. The number of hydrogen-bond acceptors (Lipinski definition) is 3. The first-order chi connectivity index (χ1) is 9.40. The van der Waals surface area contributed by atoms with Gasteiger partial charge in [-0.1, -0.05) is 48.5 Å². The molecule has 0 fully saturated rings. The van der Waals surface area contributed by atoms with Crippen molar-refractivity contribution in [1.82, 2.24) is 0 Å². The number of carbonyl (C=O) groups is 1. The third-order valence-electron chi connectivity index (χ3n) is 2.77. The van der Waals surface area contributed by atoms with Gasteiger partial charge in [-0.3, -0.25) is 4.79 Å². The highest BCUT2D eigenvalue weighted by atomic mass is 16.5. The summed E-state index contributed by atoms with van der Waals surface area (Å²) < 4.78 is 10.5. The fraction of sp³-hybridized carbons (Fsp3) is 0.188. The average molecular weight is 256 g/mol. The predicted molar refractivity (Wildman–Crippen MR) is 72.9 cm³/mol. The van der Waals surface area contributed by atoms with Crippen molar-refractivity contribution in [3.8, 4) is 5.75 Å². The summed E-state index contributed by atoms with van der Waals surface area (Å²) in [6, 6.07) is 17.8. The molecule has 0 spiro atoms. The van der Waals surface area contributed by atoms with Crippen molar-refractivity contribution in [3.05, 3.63) is 65.7 Å². The lowest BCUT2D eigenvalue weighted by molar-refractivity contribution is -0.129. The highest BCUT2D eigenvalue weighted by Gasteiger charge is 2.03. The van der Waals surface area contributed by atoms with Gasteiger partial charge in [0.15, 0.2) is 0 Å². The van der Waals surface area contributed by atoms with E-state index in [1.165, 1.54) is 5.56 Å². The van der Waals surface area contributed by atoms with E-state index in [0.717, 1.165) is 17.7 Å². The summed E-state index contributed by atoms with van der Waals surface area (Å²) in [7, 11) is 0. The van der Waals surface area contributed by atoms with Crippen LogP contribution in [0.2, 0.25) is 0 Å². The summed E-state index contributed by atoms with van der Waals surface area (Å²) in [6.45, 7) is 1.29. The fourth-order valence-electron chi connectivity index (χ4n) is 1.81. The van der Waals surface area contributed by atoms with E-state index in [9.17, 15) is 4.79 Å². The van der Waals surface area contributed by atoms with Gasteiger partial charge >= 0.3 is 0 Å². The smallest absolute Gasteiger partial charge is 0.293 e. The summed E-state index contributed by atoms with van der Waals surface area (Å²) in [5, 5.41) is 0. The Hall–Kier alpha value is -2.29. The third kappa shape index (κ3) is 4.14. The van der Waals surface area contributed by atoms with Crippen molar-refractivity contribution in [1.29, 1.82) is 0 Å². The van der Waals surface area contributed by atoms with Crippen LogP contribution < -0.4 is 4.74 Å². The first kappa shape index (κ1) is 13.1. The van der Waals surface area contributed by atoms with Crippen LogP contribution in [0.5, 0.6) is 5.75 Å². The molecule has 2 aromatic rings. The molecule has 0 heterocycles. The first-order valence-corrected chi connectivity index (χ1v) is 6.20. The highest BCUT2D eigenvalue weighted by molar-refractivity contribution is 5.39. The van der Waals surface area contributed by atoms with E-state index in [-0.39, 0.29) is 6.61 Å². The maximum Gasteiger partial charge on any atom is 0.293 e. The third-order valence-corrected chi connectivity index (χ3v) is 2.77. The number of para-hydroxylation sites is 1. The number of benzene rings is 2. The Kier molecular flexibility index (Phi) is 4.99. The molecule has 0 radical (unpaired) electrons. The maximum absolute atomic E-state index is 10.2. The van der Waals surface area contributed by atoms with Crippen LogP contribution in [0.15, 0.2) is 54.6 Å². The lowest BCUT2D eigenvalue weighted by Crippen LogP contribution is -2.04. The molecule has 0 aliphatic rings. The number of ether oxygens (including phenoxy) is 2. The molecule has 98 valence electrons. The Balaban J connectivity index is 1.90. The van der Waals surface area contributed by atoms with Crippen LogP contribution in [-0.2, 0) is 22.6 Å². The molecule has 3 heteroatoms. The zero-order valence-corrected chi connectivity index (χ0v) is 10.6. The number of hydrogen-bond donors (Lipinski definition) is 0. The Bertz CT molecular complexity index is 508. The molecule has 0 bridgehead atoms. The number of rotatable bonds is 7. The van der Waals surface area contributed by atoms with E-state index in [1.807, 2.05) is 42.5 Å². The molecule has 2 rings (SSSR count). The second-order valence-corrected chi connectivity index (χ2v) is 4.10. The Labute approximate surface area is 112 Å². The van der Waals surface area contributed by atoms with Gasteiger partial charge in [0.05, 0.1) is 6.61 Å². The van der Waals surface area contributed by atoms with Crippen molar-refractivity contribution < 1.29 is 14.3 Å². The average Bonchev–Trinajstić information content (AvgIpc) is 2.47. The van der Waals surface area contributed by atoms with E-state index < -0.39 is 0 Å². The zero-order valence-electron chi connectivity index (χ0n) is 10.6. The van der Waals surface area contributed by atoms with Crippen LogP contribution in [0, 0.1) is 0 Å². The van der Waals surface area contributed by atoms with Crippen molar-refractivity contribution >= 4 is 6.47 Å². The monoisotopic (exact) mass is 256 g/mol. The van der Waals surface area contributed by atoms with Crippen LogP contribution in [0.25, 0.3) is 0 Å². The SMILES string of the molecule is O=COCc1ccccc1OCCc1ccccc1. The van der Waals surface area contributed by atoms with Gasteiger partial charge in [0, 0.05) is 12.0 Å². The second-order valence-electron chi connectivity index (χ2n) is 4.10. The lowest BCUT2D eigenvalue weighted by Gasteiger charge is -2.10. The standard InChI is InChI=1S/C16H16O3/c17-13-18-12-15-8-4-5-9-16(15)19-11-10-14-6-2-1-3-7-14/h1-9,13H,10-12H2. The van der Waals surface area contributed by atoms with E-state index in [4.69, 9.17) is 9.47 Å². The lowest BCUT2D eigenvalue weighted by atomic mass is 10.2. The summed E-state index contributed by atoms with van der Waals surface area (Å²) in [4.78, 5) is 10.2. The van der Waals surface area contributed by atoms with E-state index >= 15 is 0 Å². The van der Waals surface area contributed by atoms with Crippen LogP contribution in [0.1, 0.15) is 11.1 Å². The summed E-state index contributed by atoms with van der Waals surface area (Å²) in [5.41, 5.74) is 2.12. The Morgan fingerprint density at radius 3 is 2.47 bits per heavy atom. The second kappa shape index (κ2) is 7.21. The topological polar surface area (TPSA) is 35.5 Å². The quantitative estimate of drug-likeness (QED) is 0.714. The van der Waals surface area contributed by atoms with Gasteiger partial charge in [-0.25, -0.2) is 0 Å². The molecule has 0 amide bonds. The molecular weight excluding hydrogens is 240 g/mol. The number of carbonyl (C=O) groups excluding carboxylic acids is 1. The summed E-state index contributed by atoms with van der Waals surface area (Å²) in [6.07, 6.45) is 0.851. The molecular formula is C16H16O3.